The lowest BCUT2D eigenvalue weighted by Crippen LogP contribution is -2.62. The number of ketones is 1. The first-order valence-corrected chi connectivity index (χ1v) is 21.0. The summed E-state index contributed by atoms with van der Waals surface area (Å²) in [6.45, 7) is 17.7. The molecule has 7 atom stereocenters. The maximum absolute atomic E-state index is 14.9. The standard InChI is InChI=1S/C41H71N7O5/c1-25(2)41(17-12-18-41)30-20-33(37(51)44-31(34(49)36(42)50)19-28-13-11-14-28)48(23-30)38(52)35(40(5,6)7)46-39(53)45-32(29-15-9-8-10-16-29)24-47-21-26(3)43-27(4)22-47/h25-33,35,43H,8-24H2,1-7H3,(H2,42,50)(H,44,51)(H2,45,46,53)/t26-,27+,30?,31?,32?,33-,35-/m0/s1. The first-order valence-electron chi connectivity index (χ1n) is 21.0. The van der Waals surface area contributed by atoms with Crippen LogP contribution in [-0.2, 0) is 19.2 Å². The van der Waals surface area contributed by atoms with Gasteiger partial charge in [0.15, 0.2) is 0 Å². The van der Waals surface area contributed by atoms with E-state index in [9.17, 15) is 24.0 Å². The first-order chi connectivity index (χ1) is 25.0. The number of carbonyl (C=O) groups is 5. The van der Waals surface area contributed by atoms with Crippen LogP contribution in [0.2, 0.25) is 0 Å². The van der Waals surface area contributed by atoms with Crippen molar-refractivity contribution >= 4 is 29.5 Å². The average Bonchev–Trinajstić information content (AvgIpc) is 3.48. The Balaban J connectivity index is 1.36. The summed E-state index contributed by atoms with van der Waals surface area (Å²) >= 11 is 0. The van der Waals surface area contributed by atoms with Crippen LogP contribution in [0.25, 0.3) is 0 Å². The molecule has 2 heterocycles. The normalized spacial score (nSPS) is 28.6. The quantitative estimate of drug-likeness (QED) is 0.167. The number of urea groups is 1. The van der Waals surface area contributed by atoms with Crippen LogP contribution in [0.1, 0.15) is 132 Å². The number of piperazine rings is 1. The SMILES string of the molecule is CC(C)C1(C2C[C@@H](C(=O)NC(CC3CCC3)C(=O)C(N)=O)N(C(=O)[C@H](NC(=O)NC(CN3C[C@@H](C)N[C@@H](C)C3)C3CCCCC3)C(C)(C)C)C2)CCC1. The summed E-state index contributed by atoms with van der Waals surface area (Å²) in [5.41, 5.74) is 4.81. The van der Waals surface area contributed by atoms with Crippen LogP contribution in [0.3, 0.4) is 0 Å². The van der Waals surface area contributed by atoms with Crippen molar-refractivity contribution in [2.75, 3.05) is 26.2 Å². The highest BCUT2D eigenvalue weighted by Crippen LogP contribution is 2.56. The van der Waals surface area contributed by atoms with Gasteiger partial charge in [-0.15, -0.1) is 0 Å². The molecule has 2 saturated heterocycles. The number of rotatable bonds is 14. The molecule has 5 amide bonds. The van der Waals surface area contributed by atoms with Crippen molar-refractivity contribution in [2.24, 2.45) is 40.2 Å². The highest BCUT2D eigenvalue weighted by atomic mass is 16.2. The molecule has 3 saturated carbocycles. The van der Waals surface area contributed by atoms with Crippen molar-refractivity contribution in [3.63, 3.8) is 0 Å². The summed E-state index contributed by atoms with van der Waals surface area (Å²) < 4.78 is 0. The Hall–Kier alpha value is -2.73. The van der Waals surface area contributed by atoms with Gasteiger partial charge in [0, 0.05) is 44.3 Å². The highest BCUT2D eigenvalue weighted by Gasteiger charge is 2.54. The molecule has 12 nitrogen and oxygen atoms in total. The van der Waals surface area contributed by atoms with Gasteiger partial charge in [0.25, 0.3) is 5.91 Å². The molecule has 6 N–H and O–H groups in total. The van der Waals surface area contributed by atoms with Crippen LogP contribution >= 0.6 is 0 Å². The zero-order valence-corrected chi connectivity index (χ0v) is 33.8. The van der Waals surface area contributed by atoms with E-state index >= 15 is 0 Å². The van der Waals surface area contributed by atoms with Crippen molar-refractivity contribution < 1.29 is 24.0 Å². The lowest BCUT2D eigenvalue weighted by Gasteiger charge is -2.50. The van der Waals surface area contributed by atoms with Gasteiger partial charge in [-0.1, -0.05) is 79.6 Å². The van der Waals surface area contributed by atoms with E-state index < -0.39 is 41.1 Å². The fourth-order valence-electron chi connectivity index (χ4n) is 10.4. The molecular formula is C41H71N7O5. The monoisotopic (exact) mass is 742 g/mol. The summed E-state index contributed by atoms with van der Waals surface area (Å²) in [5.74, 6) is -1.46. The maximum Gasteiger partial charge on any atom is 0.315 e. The molecule has 0 aromatic heterocycles. The third kappa shape index (κ3) is 9.93. The number of amides is 5. The highest BCUT2D eigenvalue weighted by molar-refractivity contribution is 6.37. The second-order valence-corrected chi connectivity index (χ2v) is 19.1. The van der Waals surface area contributed by atoms with Gasteiger partial charge in [-0.2, -0.15) is 0 Å². The van der Waals surface area contributed by atoms with Crippen molar-refractivity contribution in [1.82, 2.24) is 31.1 Å². The largest absolute Gasteiger partial charge is 0.363 e. The minimum Gasteiger partial charge on any atom is -0.363 e. The Labute approximate surface area is 318 Å². The second kappa shape index (κ2) is 17.4. The summed E-state index contributed by atoms with van der Waals surface area (Å²) in [6.07, 6.45) is 12.7. The first kappa shape index (κ1) is 41.4. The smallest absolute Gasteiger partial charge is 0.315 e. The Morgan fingerprint density at radius 3 is 2.00 bits per heavy atom. The molecule has 0 radical (unpaired) electrons. The van der Waals surface area contributed by atoms with Gasteiger partial charge in [-0.25, -0.2) is 4.79 Å². The van der Waals surface area contributed by atoms with Crippen LogP contribution in [0.5, 0.6) is 0 Å². The number of nitrogens with one attached hydrogen (secondary N) is 4. The van der Waals surface area contributed by atoms with Crippen molar-refractivity contribution in [2.45, 2.75) is 168 Å². The molecule has 5 rings (SSSR count). The van der Waals surface area contributed by atoms with Gasteiger partial charge < -0.3 is 31.9 Å². The van der Waals surface area contributed by atoms with Crippen molar-refractivity contribution in [3.8, 4) is 0 Å². The lowest BCUT2D eigenvalue weighted by atomic mass is 9.55. The van der Waals surface area contributed by atoms with Crippen LogP contribution in [0.4, 0.5) is 4.79 Å². The second-order valence-electron chi connectivity index (χ2n) is 19.1. The molecule has 5 aliphatic rings. The van der Waals surface area contributed by atoms with Gasteiger partial charge in [-0.3, -0.25) is 24.1 Å². The van der Waals surface area contributed by atoms with Crippen LogP contribution < -0.4 is 27.0 Å². The molecule has 12 heteroatoms. The summed E-state index contributed by atoms with van der Waals surface area (Å²) in [7, 11) is 0. The third-order valence-electron chi connectivity index (χ3n) is 13.8. The zero-order chi connectivity index (χ0) is 38.7. The lowest BCUT2D eigenvalue weighted by molar-refractivity contribution is -0.143. The van der Waals surface area contributed by atoms with Gasteiger partial charge in [-0.05, 0) is 86.9 Å². The minimum absolute atomic E-state index is 0.0240. The van der Waals surface area contributed by atoms with Crippen molar-refractivity contribution in [3.05, 3.63) is 0 Å². The topological polar surface area (TPSA) is 166 Å². The Kier molecular flexibility index (Phi) is 13.6. The maximum atomic E-state index is 14.9. The van der Waals surface area contributed by atoms with E-state index in [1.807, 2.05) is 20.8 Å². The van der Waals surface area contributed by atoms with Gasteiger partial charge in [0.1, 0.15) is 12.1 Å². The molecule has 0 aromatic rings. The molecule has 0 bridgehead atoms. The molecule has 0 spiro atoms. The molecule has 0 aromatic carbocycles. The molecule has 3 unspecified atom stereocenters. The zero-order valence-electron chi connectivity index (χ0n) is 33.8. The number of hydrogen-bond acceptors (Lipinski definition) is 7. The number of likely N-dealkylation sites (tertiary alicyclic amines) is 1. The van der Waals surface area contributed by atoms with E-state index in [-0.39, 0.29) is 35.2 Å². The number of Topliss-reactive ketones (excluding diaryl/α,β-unsaturated/α-hetero) is 1. The molecule has 53 heavy (non-hydrogen) atoms. The Bertz CT molecular complexity index is 1310. The van der Waals surface area contributed by atoms with Gasteiger partial charge in [0.05, 0.1) is 6.04 Å². The minimum atomic E-state index is -1.06. The number of primary amides is 1. The van der Waals surface area contributed by atoms with E-state index in [0.717, 1.165) is 83.8 Å². The van der Waals surface area contributed by atoms with E-state index in [0.29, 0.717) is 43.3 Å². The fraction of sp³-hybridized carbons (Fsp3) is 0.878. The summed E-state index contributed by atoms with van der Waals surface area (Å²) in [4.78, 5) is 72.3. The molecule has 2 aliphatic heterocycles. The average molecular weight is 742 g/mol. The Morgan fingerprint density at radius 1 is 0.849 bits per heavy atom. The van der Waals surface area contributed by atoms with Crippen molar-refractivity contribution in [1.29, 1.82) is 0 Å². The number of nitrogens with two attached hydrogens (primary N) is 1. The molecule has 5 fully saturated rings. The summed E-state index contributed by atoms with van der Waals surface area (Å²) in [6, 6.07) is -2.38. The van der Waals surface area contributed by atoms with E-state index in [4.69, 9.17) is 5.73 Å². The van der Waals surface area contributed by atoms with E-state index in [1.165, 1.54) is 6.42 Å². The van der Waals surface area contributed by atoms with E-state index in [2.05, 4.69) is 53.9 Å². The number of hydrogen-bond donors (Lipinski definition) is 5. The van der Waals surface area contributed by atoms with Crippen LogP contribution in [0, 0.1) is 34.5 Å². The van der Waals surface area contributed by atoms with E-state index in [1.54, 1.807) is 4.90 Å². The third-order valence-corrected chi connectivity index (χ3v) is 13.8. The fourth-order valence-corrected chi connectivity index (χ4v) is 10.4. The molecule has 300 valence electrons. The van der Waals surface area contributed by atoms with Gasteiger partial charge in [0.2, 0.25) is 17.6 Å². The van der Waals surface area contributed by atoms with Gasteiger partial charge >= 0.3 is 6.03 Å². The number of nitrogens with zero attached hydrogens (tertiary/aromatic N) is 2. The summed E-state index contributed by atoms with van der Waals surface area (Å²) in [5, 5.41) is 13.0. The molecule has 3 aliphatic carbocycles. The van der Waals surface area contributed by atoms with Crippen LogP contribution in [-0.4, -0.2) is 102 Å². The molecular weight excluding hydrogens is 670 g/mol. The van der Waals surface area contributed by atoms with Crippen LogP contribution in [0.15, 0.2) is 0 Å². The predicted molar refractivity (Wildman–Crippen MR) is 207 cm³/mol. The number of carbonyl (C=O) groups excluding carboxylic acids is 5. The predicted octanol–water partition coefficient (Wildman–Crippen LogP) is 4.10. The Morgan fingerprint density at radius 2 is 1.49 bits per heavy atom.